The van der Waals surface area contributed by atoms with E-state index < -0.39 is 12.1 Å². The highest BCUT2D eigenvalue weighted by Crippen LogP contribution is 2.36. The number of carbonyl (C=O) groups excluding carboxylic acids is 1. The Labute approximate surface area is 112 Å². The molecular formula is C15H18O4. The molecule has 0 saturated carbocycles. The number of carboxylic acid groups (broad SMARTS) is 1. The predicted molar refractivity (Wildman–Crippen MR) is 70.9 cm³/mol. The Bertz CT molecular complexity index is 546. The van der Waals surface area contributed by atoms with E-state index in [9.17, 15) is 9.59 Å². The standard InChI is InChI=1S/C15H18O4/c1-4-12(15(17)18)19-14-9(3)7-8(2)13-10(14)5-6-11(13)16/h7,12H,4-6H2,1-3H3,(H,17,18). The molecule has 0 saturated heterocycles. The summed E-state index contributed by atoms with van der Waals surface area (Å²) in [5, 5.41) is 9.09. The first-order valence-corrected chi connectivity index (χ1v) is 6.51. The third-order valence-electron chi connectivity index (χ3n) is 3.55. The summed E-state index contributed by atoms with van der Waals surface area (Å²) in [5.74, 6) is -0.262. The summed E-state index contributed by atoms with van der Waals surface area (Å²) < 4.78 is 5.65. The highest BCUT2D eigenvalue weighted by molar-refractivity contribution is 6.02. The van der Waals surface area contributed by atoms with Crippen LogP contribution in [0.3, 0.4) is 0 Å². The van der Waals surface area contributed by atoms with Gasteiger partial charge in [0.15, 0.2) is 11.9 Å². The number of ether oxygens (including phenoxy) is 1. The van der Waals surface area contributed by atoms with Crippen molar-refractivity contribution < 1.29 is 19.4 Å². The van der Waals surface area contributed by atoms with Gasteiger partial charge in [-0.3, -0.25) is 4.79 Å². The summed E-state index contributed by atoms with van der Waals surface area (Å²) in [5.41, 5.74) is 3.44. The molecule has 0 fully saturated rings. The Morgan fingerprint density at radius 1 is 1.37 bits per heavy atom. The number of benzene rings is 1. The summed E-state index contributed by atoms with van der Waals surface area (Å²) >= 11 is 0. The van der Waals surface area contributed by atoms with Crippen molar-refractivity contribution in [1.29, 1.82) is 0 Å². The van der Waals surface area contributed by atoms with Crippen LogP contribution in [0.15, 0.2) is 6.07 Å². The van der Waals surface area contributed by atoms with Gasteiger partial charge >= 0.3 is 5.97 Å². The number of ketones is 1. The van der Waals surface area contributed by atoms with Gasteiger partial charge in [0, 0.05) is 17.5 Å². The molecule has 2 rings (SSSR count). The number of carboxylic acids is 1. The van der Waals surface area contributed by atoms with E-state index in [1.807, 2.05) is 19.9 Å². The molecule has 1 unspecified atom stereocenters. The molecule has 1 aliphatic carbocycles. The quantitative estimate of drug-likeness (QED) is 0.906. The molecule has 0 heterocycles. The van der Waals surface area contributed by atoms with Crippen LogP contribution >= 0.6 is 0 Å². The Balaban J connectivity index is 2.47. The molecule has 1 atom stereocenters. The fourth-order valence-corrected chi connectivity index (χ4v) is 2.66. The first-order chi connectivity index (χ1) is 8.95. The number of carbonyl (C=O) groups is 2. The maximum atomic E-state index is 11.9. The molecule has 0 spiro atoms. The fourth-order valence-electron chi connectivity index (χ4n) is 2.66. The van der Waals surface area contributed by atoms with Crippen LogP contribution in [0.25, 0.3) is 0 Å². The van der Waals surface area contributed by atoms with E-state index in [4.69, 9.17) is 9.84 Å². The maximum absolute atomic E-state index is 11.9. The van der Waals surface area contributed by atoms with Gasteiger partial charge in [0.05, 0.1) is 0 Å². The third kappa shape index (κ3) is 2.35. The van der Waals surface area contributed by atoms with E-state index in [-0.39, 0.29) is 5.78 Å². The highest BCUT2D eigenvalue weighted by Gasteiger charge is 2.28. The van der Waals surface area contributed by atoms with Crippen LogP contribution in [0.2, 0.25) is 0 Å². The van der Waals surface area contributed by atoms with E-state index >= 15 is 0 Å². The summed E-state index contributed by atoms with van der Waals surface area (Å²) in [4.78, 5) is 23.0. The van der Waals surface area contributed by atoms with Gasteiger partial charge in [-0.25, -0.2) is 4.79 Å². The molecule has 19 heavy (non-hydrogen) atoms. The number of hydrogen-bond acceptors (Lipinski definition) is 3. The average molecular weight is 262 g/mol. The van der Waals surface area contributed by atoms with Crippen LogP contribution < -0.4 is 4.74 Å². The molecule has 1 aliphatic rings. The van der Waals surface area contributed by atoms with E-state index in [0.717, 1.165) is 22.3 Å². The summed E-state index contributed by atoms with van der Waals surface area (Å²) in [6, 6.07) is 1.89. The molecule has 1 aromatic carbocycles. The minimum atomic E-state index is -0.972. The fraction of sp³-hybridized carbons (Fsp3) is 0.467. The van der Waals surface area contributed by atoms with E-state index in [1.165, 1.54) is 0 Å². The smallest absolute Gasteiger partial charge is 0.344 e. The number of hydrogen-bond donors (Lipinski definition) is 1. The van der Waals surface area contributed by atoms with Crippen molar-refractivity contribution in [2.24, 2.45) is 0 Å². The molecule has 1 aromatic rings. The lowest BCUT2D eigenvalue weighted by molar-refractivity contribution is -0.145. The van der Waals surface area contributed by atoms with Crippen molar-refractivity contribution in [2.45, 2.75) is 46.1 Å². The summed E-state index contributed by atoms with van der Waals surface area (Å²) in [7, 11) is 0. The predicted octanol–water partition coefficient (Wildman–Crippen LogP) is 2.67. The maximum Gasteiger partial charge on any atom is 0.344 e. The molecule has 102 valence electrons. The third-order valence-corrected chi connectivity index (χ3v) is 3.55. The summed E-state index contributed by atoms with van der Waals surface area (Å²) in [6.45, 7) is 5.57. The zero-order chi connectivity index (χ0) is 14.2. The first-order valence-electron chi connectivity index (χ1n) is 6.51. The summed E-state index contributed by atoms with van der Waals surface area (Å²) in [6.07, 6.45) is 0.661. The molecule has 0 aliphatic heterocycles. The van der Waals surface area contributed by atoms with Gasteiger partial charge < -0.3 is 9.84 Å². The molecule has 0 amide bonds. The van der Waals surface area contributed by atoms with Crippen LogP contribution in [0, 0.1) is 13.8 Å². The van der Waals surface area contributed by atoms with Crippen molar-refractivity contribution in [1.82, 2.24) is 0 Å². The molecule has 0 bridgehead atoms. The van der Waals surface area contributed by atoms with Crippen molar-refractivity contribution in [2.75, 3.05) is 0 Å². The monoisotopic (exact) mass is 262 g/mol. The van der Waals surface area contributed by atoms with Crippen molar-refractivity contribution in [3.63, 3.8) is 0 Å². The van der Waals surface area contributed by atoms with Crippen LogP contribution in [0.5, 0.6) is 5.75 Å². The van der Waals surface area contributed by atoms with Gasteiger partial charge in [0.1, 0.15) is 5.75 Å². The normalized spacial score (nSPS) is 15.2. The van der Waals surface area contributed by atoms with E-state index in [2.05, 4.69) is 0 Å². The second-order valence-electron chi connectivity index (χ2n) is 4.97. The molecule has 4 nitrogen and oxygen atoms in total. The number of aliphatic carboxylic acids is 1. The average Bonchev–Trinajstić information content (AvgIpc) is 2.71. The Kier molecular flexibility index (Phi) is 3.60. The van der Waals surface area contributed by atoms with Crippen molar-refractivity contribution >= 4 is 11.8 Å². The molecule has 0 radical (unpaired) electrons. The lowest BCUT2D eigenvalue weighted by atomic mass is 9.99. The van der Waals surface area contributed by atoms with Crippen molar-refractivity contribution in [3.05, 3.63) is 28.3 Å². The van der Waals surface area contributed by atoms with Gasteiger partial charge in [-0.15, -0.1) is 0 Å². The minimum absolute atomic E-state index is 0.126. The lowest BCUT2D eigenvalue weighted by Gasteiger charge is -2.19. The zero-order valence-electron chi connectivity index (χ0n) is 11.4. The second-order valence-corrected chi connectivity index (χ2v) is 4.97. The largest absolute Gasteiger partial charge is 0.479 e. The SMILES string of the molecule is CCC(Oc1c(C)cc(C)c2c1CCC2=O)C(=O)O. The van der Waals surface area contributed by atoms with E-state index in [0.29, 0.717) is 25.0 Å². The number of Topliss-reactive ketones (excluding diaryl/α,β-unsaturated/α-hetero) is 1. The second kappa shape index (κ2) is 5.03. The lowest BCUT2D eigenvalue weighted by Crippen LogP contribution is -2.26. The Morgan fingerprint density at radius 2 is 2.05 bits per heavy atom. The van der Waals surface area contributed by atoms with E-state index in [1.54, 1.807) is 6.92 Å². The number of aryl methyl sites for hydroxylation is 2. The highest BCUT2D eigenvalue weighted by atomic mass is 16.5. The topological polar surface area (TPSA) is 63.6 Å². The van der Waals surface area contributed by atoms with Crippen LogP contribution in [0.1, 0.15) is 46.8 Å². The zero-order valence-corrected chi connectivity index (χ0v) is 11.4. The van der Waals surface area contributed by atoms with Gasteiger partial charge in [-0.1, -0.05) is 13.0 Å². The molecule has 1 N–H and O–H groups in total. The number of fused-ring (bicyclic) bond motifs is 1. The van der Waals surface area contributed by atoms with Crippen molar-refractivity contribution in [3.8, 4) is 5.75 Å². The van der Waals surface area contributed by atoms with Gasteiger partial charge in [0.2, 0.25) is 0 Å². The molecular weight excluding hydrogens is 244 g/mol. The van der Waals surface area contributed by atoms with Crippen LogP contribution in [-0.4, -0.2) is 23.0 Å². The van der Waals surface area contributed by atoms with Crippen LogP contribution in [-0.2, 0) is 11.2 Å². The van der Waals surface area contributed by atoms with Crippen LogP contribution in [0.4, 0.5) is 0 Å². The Morgan fingerprint density at radius 3 is 2.63 bits per heavy atom. The number of rotatable bonds is 4. The van der Waals surface area contributed by atoms with Gasteiger partial charge in [0.25, 0.3) is 0 Å². The van der Waals surface area contributed by atoms with Gasteiger partial charge in [-0.05, 0) is 37.8 Å². The van der Waals surface area contributed by atoms with Gasteiger partial charge in [-0.2, -0.15) is 0 Å². The molecule has 4 heteroatoms. The first kappa shape index (κ1) is 13.6. The molecule has 0 aromatic heterocycles. The Hall–Kier alpha value is -1.84. The minimum Gasteiger partial charge on any atom is -0.479 e.